The zero-order valence-corrected chi connectivity index (χ0v) is 16.8. The normalized spacial score (nSPS) is 32.2. The molecule has 0 aromatic heterocycles. The third-order valence-corrected chi connectivity index (χ3v) is 6.94. The van der Waals surface area contributed by atoms with Crippen molar-refractivity contribution in [1.82, 2.24) is 4.90 Å². The molecule has 1 saturated carbocycles. The third-order valence-electron chi connectivity index (χ3n) is 6.94. The van der Waals surface area contributed by atoms with E-state index in [0.717, 1.165) is 17.7 Å². The highest BCUT2D eigenvalue weighted by molar-refractivity contribution is 5.45. The molecule has 3 aliphatic rings. The lowest BCUT2D eigenvalue weighted by Crippen LogP contribution is -2.62. The van der Waals surface area contributed by atoms with Crippen molar-refractivity contribution < 1.29 is 4.74 Å². The lowest BCUT2D eigenvalue weighted by atomic mass is 9.52. The first-order valence-corrected chi connectivity index (χ1v) is 10.4. The average Bonchev–Trinajstić information content (AvgIpc) is 2.54. The van der Waals surface area contributed by atoms with Gasteiger partial charge in [-0.15, -0.1) is 0 Å². The minimum absolute atomic E-state index is 0.129. The Labute approximate surface area is 153 Å². The maximum atomic E-state index is 6.23. The monoisotopic (exact) mass is 341 g/mol. The molecule has 0 radical (unpaired) electrons. The molecule has 3 atom stereocenters. The number of likely N-dealkylation sites (tertiary alicyclic amines) is 1. The Morgan fingerprint density at radius 1 is 1.16 bits per heavy atom. The van der Waals surface area contributed by atoms with E-state index in [1.54, 1.807) is 11.1 Å². The quantitative estimate of drug-likeness (QED) is 0.721. The second-order valence-corrected chi connectivity index (χ2v) is 9.89. The molecule has 0 amide bonds. The maximum Gasteiger partial charge on any atom is 0.120 e. The van der Waals surface area contributed by atoms with E-state index in [9.17, 15) is 0 Å². The van der Waals surface area contributed by atoms with E-state index < -0.39 is 0 Å². The van der Waals surface area contributed by atoms with Crippen LogP contribution in [0.2, 0.25) is 0 Å². The second-order valence-electron chi connectivity index (χ2n) is 9.89. The highest BCUT2D eigenvalue weighted by Gasteiger charge is 2.54. The number of fused-ring (bicyclic) bond motifs is 1. The largest absolute Gasteiger partial charge is 0.488 e. The van der Waals surface area contributed by atoms with E-state index in [1.165, 1.54) is 45.1 Å². The van der Waals surface area contributed by atoms with Gasteiger partial charge in [-0.25, -0.2) is 0 Å². The zero-order valence-electron chi connectivity index (χ0n) is 16.8. The van der Waals surface area contributed by atoms with Crippen LogP contribution in [0, 0.1) is 5.92 Å². The van der Waals surface area contributed by atoms with E-state index in [-0.39, 0.29) is 5.60 Å². The fraction of sp³-hybridized carbons (Fsp3) is 0.739. The highest BCUT2D eigenvalue weighted by atomic mass is 16.5. The van der Waals surface area contributed by atoms with E-state index in [4.69, 9.17) is 4.74 Å². The van der Waals surface area contributed by atoms with Crippen molar-refractivity contribution in [1.29, 1.82) is 0 Å². The molecule has 1 aliphatic heterocycles. The molecule has 2 nitrogen and oxygen atoms in total. The first kappa shape index (κ1) is 17.4. The number of nitrogens with zero attached hydrogens (tertiary/aromatic N) is 1. The SMILES string of the molecule is CC(C)N1CCC23CCCCC2[C@@H]1Cc1ccc(OC(C)(C)C)cc13. The highest BCUT2D eigenvalue weighted by Crippen LogP contribution is 2.56. The molecular formula is C23H35NO. The van der Waals surface area contributed by atoms with Crippen molar-refractivity contribution in [3.05, 3.63) is 29.3 Å². The molecule has 1 aromatic rings. The molecule has 2 aliphatic carbocycles. The van der Waals surface area contributed by atoms with Gasteiger partial charge in [0.1, 0.15) is 11.4 Å². The summed E-state index contributed by atoms with van der Waals surface area (Å²) in [4.78, 5) is 2.80. The summed E-state index contributed by atoms with van der Waals surface area (Å²) in [5.41, 5.74) is 3.52. The van der Waals surface area contributed by atoms with Gasteiger partial charge >= 0.3 is 0 Å². The van der Waals surface area contributed by atoms with Crippen LogP contribution in [-0.2, 0) is 11.8 Å². The fourth-order valence-corrected chi connectivity index (χ4v) is 6.07. The summed E-state index contributed by atoms with van der Waals surface area (Å²) < 4.78 is 6.23. The number of piperidine rings is 1. The van der Waals surface area contributed by atoms with E-state index >= 15 is 0 Å². The molecule has 2 unspecified atom stereocenters. The summed E-state index contributed by atoms with van der Waals surface area (Å²) in [6.45, 7) is 12.5. The Morgan fingerprint density at radius 2 is 1.96 bits per heavy atom. The molecule has 4 rings (SSSR count). The summed E-state index contributed by atoms with van der Waals surface area (Å²) in [6, 6.07) is 8.41. The predicted molar refractivity (Wildman–Crippen MR) is 104 cm³/mol. The Bertz CT molecular complexity index is 644. The molecule has 1 heterocycles. The topological polar surface area (TPSA) is 12.5 Å². The molecule has 138 valence electrons. The average molecular weight is 342 g/mol. The van der Waals surface area contributed by atoms with Gasteiger partial charge in [0, 0.05) is 17.5 Å². The molecule has 2 fully saturated rings. The second kappa shape index (κ2) is 6.01. The third kappa shape index (κ3) is 2.91. The number of ether oxygens (including phenoxy) is 1. The standard InChI is InChI=1S/C23H35NO/c1-16(2)24-13-12-23-11-7-6-8-19(23)21(24)14-17-9-10-18(15-20(17)23)25-22(3,4)5/h9-10,15-16,19,21H,6-8,11-14H2,1-5H3/t19?,21-,23?/m0/s1. The minimum Gasteiger partial charge on any atom is -0.488 e. The van der Waals surface area contributed by atoms with Gasteiger partial charge in [0.15, 0.2) is 0 Å². The van der Waals surface area contributed by atoms with Crippen LogP contribution in [0.3, 0.4) is 0 Å². The zero-order chi connectivity index (χ0) is 17.8. The van der Waals surface area contributed by atoms with E-state index in [1.807, 2.05) is 0 Å². The number of rotatable bonds is 2. The molecule has 0 spiro atoms. The van der Waals surface area contributed by atoms with Crippen LogP contribution in [0.15, 0.2) is 18.2 Å². The van der Waals surface area contributed by atoms with Gasteiger partial charge in [0.25, 0.3) is 0 Å². The van der Waals surface area contributed by atoms with Crippen molar-refractivity contribution in [3.63, 3.8) is 0 Å². The van der Waals surface area contributed by atoms with Crippen LogP contribution >= 0.6 is 0 Å². The van der Waals surface area contributed by atoms with Gasteiger partial charge in [0.2, 0.25) is 0 Å². The maximum absolute atomic E-state index is 6.23. The van der Waals surface area contributed by atoms with E-state index in [2.05, 4.69) is 57.7 Å². The summed E-state index contributed by atoms with van der Waals surface area (Å²) >= 11 is 0. The fourth-order valence-electron chi connectivity index (χ4n) is 6.07. The molecular weight excluding hydrogens is 306 g/mol. The van der Waals surface area contributed by atoms with Gasteiger partial charge in [0.05, 0.1) is 0 Å². The van der Waals surface area contributed by atoms with Crippen LogP contribution in [-0.4, -0.2) is 29.1 Å². The smallest absolute Gasteiger partial charge is 0.120 e. The van der Waals surface area contributed by atoms with E-state index in [0.29, 0.717) is 11.5 Å². The van der Waals surface area contributed by atoms with Gasteiger partial charge in [-0.1, -0.05) is 18.9 Å². The van der Waals surface area contributed by atoms with Gasteiger partial charge in [-0.3, -0.25) is 4.90 Å². The van der Waals surface area contributed by atoms with Gasteiger partial charge in [-0.2, -0.15) is 0 Å². The molecule has 2 heteroatoms. The number of benzene rings is 1. The molecule has 25 heavy (non-hydrogen) atoms. The Hall–Kier alpha value is -1.02. The first-order valence-electron chi connectivity index (χ1n) is 10.4. The summed E-state index contributed by atoms with van der Waals surface area (Å²) in [5, 5.41) is 0. The summed E-state index contributed by atoms with van der Waals surface area (Å²) in [7, 11) is 0. The van der Waals surface area contributed by atoms with Gasteiger partial charge < -0.3 is 4.74 Å². The van der Waals surface area contributed by atoms with Crippen molar-refractivity contribution in [2.24, 2.45) is 5.92 Å². The van der Waals surface area contributed by atoms with Crippen LogP contribution in [0.5, 0.6) is 5.75 Å². The molecule has 2 bridgehead atoms. The lowest BCUT2D eigenvalue weighted by Gasteiger charge is -2.60. The predicted octanol–water partition coefficient (Wildman–Crippen LogP) is 5.33. The first-order chi connectivity index (χ1) is 11.8. The van der Waals surface area contributed by atoms with Crippen LogP contribution in [0.25, 0.3) is 0 Å². The Balaban J connectivity index is 1.77. The summed E-state index contributed by atoms with van der Waals surface area (Å²) in [6.07, 6.45) is 8.18. The minimum atomic E-state index is -0.129. The van der Waals surface area contributed by atoms with Crippen molar-refractivity contribution >= 4 is 0 Å². The van der Waals surface area contributed by atoms with Crippen LogP contribution in [0.1, 0.15) is 77.8 Å². The number of hydrogen-bond acceptors (Lipinski definition) is 2. The Morgan fingerprint density at radius 3 is 2.68 bits per heavy atom. The van der Waals surface area contributed by atoms with Crippen LogP contribution < -0.4 is 4.74 Å². The van der Waals surface area contributed by atoms with Crippen molar-refractivity contribution in [3.8, 4) is 5.75 Å². The molecule has 1 aromatic carbocycles. The lowest BCUT2D eigenvalue weighted by molar-refractivity contribution is -0.0267. The van der Waals surface area contributed by atoms with Crippen molar-refractivity contribution in [2.45, 2.75) is 96.2 Å². The number of hydrogen-bond donors (Lipinski definition) is 0. The van der Waals surface area contributed by atoms with Crippen molar-refractivity contribution in [2.75, 3.05) is 6.54 Å². The molecule has 1 saturated heterocycles. The molecule has 0 N–H and O–H groups in total. The van der Waals surface area contributed by atoms with Crippen LogP contribution in [0.4, 0.5) is 0 Å². The Kier molecular flexibility index (Phi) is 4.18. The summed E-state index contributed by atoms with van der Waals surface area (Å²) in [5.74, 6) is 1.91. The van der Waals surface area contributed by atoms with Gasteiger partial charge in [-0.05, 0) is 96.0 Å².